The van der Waals surface area contributed by atoms with Crippen molar-refractivity contribution in [3.8, 4) is 0 Å². The maximum Gasteiger partial charge on any atom is 0.128 e. The first kappa shape index (κ1) is 11.5. The number of hydrogen-bond donors (Lipinski definition) is 1. The van der Waals surface area contributed by atoms with E-state index in [0.717, 1.165) is 37.9 Å². The van der Waals surface area contributed by atoms with Gasteiger partial charge in [-0.3, -0.25) is 0 Å². The molecule has 16 heavy (non-hydrogen) atoms. The molecule has 1 aliphatic rings. The Morgan fingerprint density at radius 1 is 1.50 bits per heavy atom. The van der Waals surface area contributed by atoms with Crippen molar-refractivity contribution in [1.29, 1.82) is 0 Å². The number of fused-ring (bicyclic) bond motifs is 1. The molecule has 1 unspecified atom stereocenters. The second-order valence-electron chi connectivity index (χ2n) is 5.12. The van der Waals surface area contributed by atoms with Crippen LogP contribution in [0.5, 0.6) is 0 Å². The highest BCUT2D eigenvalue weighted by molar-refractivity contribution is 5.24. The molecule has 0 aliphatic heterocycles. The molecule has 0 bridgehead atoms. The van der Waals surface area contributed by atoms with E-state index >= 15 is 0 Å². The number of hydrogen-bond acceptors (Lipinski definition) is 3. The largest absolute Gasteiger partial charge is 0.324 e. The standard InChI is InChI=1S/C13H21N3/c1-9(2)6-7-13-15-8-10-11(14)4-3-5-12(10)16-13/h8-9,11H,3-7,14H2,1-2H3. The molecule has 3 nitrogen and oxygen atoms in total. The van der Waals surface area contributed by atoms with Crippen LogP contribution in [0.15, 0.2) is 6.20 Å². The zero-order valence-corrected chi connectivity index (χ0v) is 10.2. The summed E-state index contributed by atoms with van der Waals surface area (Å²) in [5.74, 6) is 1.70. The van der Waals surface area contributed by atoms with Gasteiger partial charge in [0.15, 0.2) is 0 Å². The first-order chi connectivity index (χ1) is 7.66. The third kappa shape index (κ3) is 2.59. The molecule has 88 valence electrons. The highest BCUT2D eigenvalue weighted by Crippen LogP contribution is 2.25. The summed E-state index contributed by atoms with van der Waals surface area (Å²) in [5, 5.41) is 0. The van der Waals surface area contributed by atoms with Crippen LogP contribution in [0, 0.1) is 5.92 Å². The molecule has 2 rings (SSSR count). The van der Waals surface area contributed by atoms with Gasteiger partial charge in [0.2, 0.25) is 0 Å². The van der Waals surface area contributed by atoms with Crippen LogP contribution in [-0.2, 0) is 12.8 Å². The van der Waals surface area contributed by atoms with Gasteiger partial charge in [0.05, 0.1) is 0 Å². The lowest BCUT2D eigenvalue weighted by molar-refractivity contribution is 0.541. The summed E-state index contributed by atoms with van der Waals surface area (Å²) in [4.78, 5) is 9.07. The molecule has 0 saturated heterocycles. The summed E-state index contributed by atoms with van der Waals surface area (Å²) < 4.78 is 0. The highest BCUT2D eigenvalue weighted by atomic mass is 14.9. The van der Waals surface area contributed by atoms with Crippen molar-refractivity contribution in [1.82, 2.24) is 9.97 Å². The second kappa shape index (κ2) is 4.91. The van der Waals surface area contributed by atoms with E-state index in [4.69, 9.17) is 5.73 Å². The maximum atomic E-state index is 6.04. The van der Waals surface area contributed by atoms with Gasteiger partial charge < -0.3 is 5.73 Å². The Bertz CT molecular complexity index is 360. The van der Waals surface area contributed by atoms with Gasteiger partial charge in [-0.05, 0) is 31.6 Å². The molecule has 0 amide bonds. The van der Waals surface area contributed by atoms with Crippen LogP contribution in [0.2, 0.25) is 0 Å². The Balaban J connectivity index is 2.12. The number of rotatable bonds is 3. The molecule has 0 radical (unpaired) electrons. The molecule has 0 aromatic carbocycles. The lowest BCUT2D eigenvalue weighted by atomic mass is 9.93. The number of nitrogens with zero attached hydrogens (tertiary/aromatic N) is 2. The zero-order valence-electron chi connectivity index (χ0n) is 10.2. The lowest BCUT2D eigenvalue weighted by Gasteiger charge is -2.21. The van der Waals surface area contributed by atoms with Crippen molar-refractivity contribution in [2.24, 2.45) is 11.7 Å². The quantitative estimate of drug-likeness (QED) is 0.849. The maximum absolute atomic E-state index is 6.04. The van der Waals surface area contributed by atoms with E-state index in [9.17, 15) is 0 Å². The molecule has 3 heteroatoms. The topological polar surface area (TPSA) is 51.8 Å². The highest BCUT2D eigenvalue weighted by Gasteiger charge is 2.18. The molecule has 0 spiro atoms. The van der Waals surface area contributed by atoms with Gasteiger partial charge in [-0.2, -0.15) is 0 Å². The fourth-order valence-electron chi connectivity index (χ4n) is 2.16. The Morgan fingerprint density at radius 3 is 3.06 bits per heavy atom. The van der Waals surface area contributed by atoms with Gasteiger partial charge in [0.25, 0.3) is 0 Å². The fourth-order valence-corrected chi connectivity index (χ4v) is 2.16. The minimum absolute atomic E-state index is 0.155. The average molecular weight is 219 g/mol. The first-order valence-electron chi connectivity index (χ1n) is 6.27. The molecule has 2 N–H and O–H groups in total. The van der Waals surface area contributed by atoms with Crippen molar-refractivity contribution < 1.29 is 0 Å². The number of aromatic nitrogens is 2. The van der Waals surface area contributed by atoms with Crippen LogP contribution in [0.25, 0.3) is 0 Å². The third-order valence-corrected chi connectivity index (χ3v) is 3.22. The summed E-state index contributed by atoms with van der Waals surface area (Å²) in [6.07, 6.45) is 7.39. The van der Waals surface area contributed by atoms with Crippen molar-refractivity contribution in [3.63, 3.8) is 0 Å². The molecule has 1 aromatic heterocycles. The van der Waals surface area contributed by atoms with Crippen LogP contribution in [0.1, 0.15) is 56.2 Å². The molecule has 1 aromatic rings. The van der Waals surface area contributed by atoms with Gasteiger partial charge in [0.1, 0.15) is 5.82 Å². The van der Waals surface area contributed by atoms with Gasteiger partial charge in [-0.25, -0.2) is 9.97 Å². The Hall–Kier alpha value is -0.960. The summed E-state index contributed by atoms with van der Waals surface area (Å²) in [5.41, 5.74) is 8.39. The predicted molar refractivity (Wildman–Crippen MR) is 65.1 cm³/mol. The monoisotopic (exact) mass is 219 g/mol. The van der Waals surface area contributed by atoms with E-state index in [0.29, 0.717) is 5.92 Å². The summed E-state index contributed by atoms with van der Waals surface area (Å²) in [7, 11) is 0. The normalized spacial score (nSPS) is 19.9. The fraction of sp³-hybridized carbons (Fsp3) is 0.692. The van der Waals surface area contributed by atoms with Crippen LogP contribution >= 0.6 is 0 Å². The summed E-state index contributed by atoms with van der Waals surface area (Å²) in [6.45, 7) is 4.46. The number of aryl methyl sites for hydroxylation is 2. The Morgan fingerprint density at radius 2 is 2.31 bits per heavy atom. The van der Waals surface area contributed by atoms with E-state index in [2.05, 4.69) is 23.8 Å². The Kier molecular flexibility index (Phi) is 3.54. The van der Waals surface area contributed by atoms with Gasteiger partial charge in [-0.15, -0.1) is 0 Å². The zero-order chi connectivity index (χ0) is 11.5. The van der Waals surface area contributed by atoms with Crippen molar-refractivity contribution >= 4 is 0 Å². The molecular formula is C13H21N3. The van der Waals surface area contributed by atoms with Crippen LogP contribution in [0.3, 0.4) is 0 Å². The summed E-state index contributed by atoms with van der Waals surface area (Å²) >= 11 is 0. The molecule has 1 atom stereocenters. The molecule has 1 heterocycles. The van der Waals surface area contributed by atoms with Gasteiger partial charge in [-0.1, -0.05) is 13.8 Å². The lowest BCUT2D eigenvalue weighted by Crippen LogP contribution is -2.19. The smallest absolute Gasteiger partial charge is 0.128 e. The predicted octanol–water partition coefficient (Wildman–Crippen LogP) is 2.40. The van der Waals surface area contributed by atoms with E-state index < -0.39 is 0 Å². The van der Waals surface area contributed by atoms with Gasteiger partial charge >= 0.3 is 0 Å². The second-order valence-corrected chi connectivity index (χ2v) is 5.12. The molecule has 0 saturated carbocycles. The van der Waals surface area contributed by atoms with Gasteiger partial charge in [0, 0.05) is 29.9 Å². The third-order valence-electron chi connectivity index (χ3n) is 3.22. The van der Waals surface area contributed by atoms with Crippen LogP contribution < -0.4 is 5.73 Å². The van der Waals surface area contributed by atoms with E-state index in [1.165, 1.54) is 11.3 Å². The average Bonchev–Trinajstić information content (AvgIpc) is 2.26. The molecule has 0 fully saturated rings. The minimum atomic E-state index is 0.155. The number of nitrogens with two attached hydrogens (primary N) is 1. The van der Waals surface area contributed by atoms with E-state index in [1.54, 1.807) is 0 Å². The SMILES string of the molecule is CC(C)CCc1ncc2c(n1)CCCC2N. The molecule has 1 aliphatic carbocycles. The van der Waals surface area contributed by atoms with Crippen LogP contribution in [0.4, 0.5) is 0 Å². The van der Waals surface area contributed by atoms with Crippen molar-refractivity contribution in [2.45, 2.75) is 52.0 Å². The van der Waals surface area contributed by atoms with Crippen molar-refractivity contribution in [3.05, 3.63) is 23.3 Å². The summed E-state index contributed by atoms with van der Waals surface area (Å²) in [6, 6.07) is 0.155. The first-order valence-corrected chi connectivity index (χ1v) is 6.27. The van der Waals surface area contributed by atoms with Crippen LogP contribution in [-0.4, -0.2) is 9.97 Å². The van der Waals surface area contributed by atoms with Crippen molar-refractivity contribution in [2.75, 3.05) is 0 Å². The minimum Gasteiger partial charge on any atom is -0.324 e. The molecular weight excluding hydrogens is 198 g/mol. The Labute approximate surface area is 97.5 Å². The van der Waals surface area contributed by atoms with E-state index in [-0.39, 0.29) is 6.04 Å². The van der Waals surface area contributed by atoms with E-state index in [1.807, 2.05) is 6.20 Å².